The summed E-state index contributed by atoms with van der Waals surface area (Å²) in [6, 6.07) is 5.51. The number of hydrogen-bond donors (Lipinski definition) is 1. The highest BCUT2D eigenvalue weighted by Gasteiger charge is 2.19. The average molecular weight is 428 g/mol. The van der Waals surface area contributed by atoms with Crippen molar-refractivity contribution in [3.63, 3.8) is 0 Å². The van der Waals surface area contributed by atoms with Gasteiger partial charge in [-0.3, -0.25) is 14.2 Å². The van der Waals surface area contributed by atoms with Gasteiger partial charge in [0.05, 0.1) is 24.9 Å². The first-order valence-electron chi connectivity index (χ1n) is 9.51. The molecule has 6 nitrogen and oxygen atoms in total. The Balaban J connectivity index is 1.75. The number of nitrogens with one attached hydrogen (secondary N) is 1. The lowest BCUT2D eigenvalue weighted by atomic mass is 10.1. The summed E-state index contributed by atoms with van der Waals surface area (Å²) in [4.78, 5) is 36.1. The number of fused-ring (bicyclic) bond motifs is 1. The molecule has 4 rings (SSSR count). The van der Waals surface area contributed by atoms with Gasteiger partial charge in [-0.2, -0.15) is 0 Å². The van der Waals surface area contributed by atoms with E-state index in [1.807, 2.05) is 24.4 Å². The van der Waals surface area contributed by atoms with Crippen LogP contribution in [0.4, 0.5) is 0 Å². The number of aromatic amines is 1. The number of nitrogens with zero attached hydrogens (tertiary/aromatic N) is 2. The third kappa shape index (κ3) is 3.77. The molecule has 0 fully saturated rings. The van der Waals surface area contributed by atoms with Crippen LogP contribution in [0.2, 0.25) is 0 Å². The zero-order valence-electron chi connectivity index (χ0n) is 16.2. The van der Waals surface area contributed by atoms with Gasteiger partial charge >= 0.3 is 0 Å². The van der Waals surface area contributed by atoms with Gasteiger partial charge in [0.15, 0.2) is 5.75 Å². The highest BCUT2D eigenvalue weighted by atomic mass is 32.1. The molecule has 0 atom stereocenters. The Morgan fingerprint density at radius 2 is 2.14 bits per heavy atom. The van der Waals surface area contributed by atoms with Gasteiger partial charge in [-0.15, -0.1) is 22.7 Å². The van der Waals surface area contributed by atoms with Gasteiger partial charge in [0.1, 0.15) is 4.83 Å². The first kappa shape index (κ1) is 19.6. The van der Waals surface area contributed by atoms with E-state index in [4.69, 9.17) is 4.74 Å². The van der Waals surface area contributed by atoms with Gasteiger partial charge in [-0.25, -0.2) is 4.98 Å². The molecule has 29 heavy (non-hydrogen) atoms. The van der Waals surface area contributed by atoms with Crippen LogP contribution >= 0.6 is 22.7 Å². The highest BCUT2D eigenvalue weighted by Crippen LogP contribution is 2.38. The first-order valence-corrected chi connectivity index (χ1v) is 11.2. The van der Waals surface area contributed by atoms with E-state index in [1.165, 1.54) is 6.07 Å². The normalized spacial score (nSPS) is 11.2. The van der Waals surface area contributed by atoms with Crippen molar-refractivity contribution in [2.24, 2.45) is 0 Å². The smallest absolute Gasteiger partial charge is 0.263 e. The molecule has 0 aromatic carbocycles. The van der Waals surface area contributed by atoms with Crippen molar-refractivity contribution in [3.8, 4) is 16.2 Å². The quantitative estimate of drug-likeness (QED) is 0.478. The maximum Gasteiger partial charge on any atom is 0.263 e. The highest BCUT2D eigenvalue weighted by molar-refractivity contribution is 7.20. The summed E-state index contributed by atoms with van der Waals surface area (Å²) in [7, 11) is 0. The summed E-state index contributed by atoms with van der Waals surface area (Å²) < 4.78 is 6.97. The topological polar surface area (TPSA) is 77.0 Å². The number of ether oxygens (including phenoxy) is 1. The van der Waals surface area contributed by atoms with Crippen LogP contribution in [0.1, 0.15) is 30.8 Å². The summed E-state index contributed by atoms with van der Waals surface area (Å²) in [6.45, 7) is 4.81. The minimum absolute atomic E-state index is 0.0958. The second-order valence-electron chi connectivity index (χ2n) is 6.62. The lowest BCUT2D eigenvalue weighted by Gasteiger charge is -2.08. The van der Waals surface area contributed by atoms with Crippen molar-refractivity contribution < 1.29 is 4.74 Å². The number of aromatic nitrogens is 3. The molecule has 4 aromatic rings. The van der Waals surface area contributed by atoms with E-state index >= 15 is 0 Å². The van der Waals surface area contributed by atoms with Gasteiger partial charge < -0.3 is 9.72 Å². The van der Waals surface area contributed by atoms with Crippen molar-refractivity contribution in [3.05, 3.63) is 67.3 Å². The maximum absolute atomic E-state index is 13.3. The van der Waals surface area contributed by atoms with Crippen molar-refractivity contribution in [2.75, 3.05) is 6.61 Å². The average Bonchev–Trinajstić information content (AvgIpc) is 3.37. The number of aryl methyl sites for hydroxylation is 1. The number of hydrogen-bond acceptors (Lipinski definition) is 6. The molecule has 0 saturated heterocycles. The van der Waals surface area contributed by atoms with E-state index < -0.39 is 0 Å². The van der Waals surface area contributed by atoms with Crippen molar-refractivity contribution in [1.82, 2.24) is 14.5 Å². The zero-order chi connectivity index (χ0) is 20.4. The van der Waals surface area contributed by atoms with E-state index in [-0.39, 0.29) is 17.5 Å². The van der Waals surface area contributed by atoms with Crippen molar-refractivity contribution >= 4 is 32.9 Å². The van der Waals surface area contributed by atoms with Gasteiger partial charge in [0.2, 0.25) is 5.43 Å². The number of H-pyrrole nitrogens is 1. The van der Waals surface area contributed by atoms with Crippen molar-refractivity contribution in [1.29, 1.82) is 0 Å². The van der Waals surface area contributed by atoms with E-state index in [1.54, 1.807) is 39.8 Å². The van der Waals surface area contributed by atoms with E-state index in [0.717, 1.165) is 33.0 Å². The van der Waals surface area contributed by atoms with E-state index in [2.05, 4.69) is 16.9 Å². The predicted octanol–water partition coefficient (Wildman–Crippen LogP) is 4.27. The number of thiophene rings is 2. The second kappa shape index (κ2) is 8.34. The monoisotopic (exact) mass is 427 g/mol. The molecular weight excluding hydrogens is 406 g/mol. The van der Waals surface area contributed by atoms with E-state index in [0.29, 0.717) is 23.4 Å². The molecule has 150 valence electrons. The van der Waals surface area contributed by atoms with Crippen LogP contribution in [0.3, 0.4) is 0 Å². The number of pyridine rings is 1. The molecule has 0 aliphatic carbocycles. The second-order valence-corrected chi connectivity index (χ2v) is 8.66. The summed E-state index contributed by atoms with van der Waals surface area (Å²) in [5, 5.41) is 2.67. The van der Waals surface area contributed by atoms with Crippen LogP contribution in [-0.2, 0) is 13.0 Å². The van der Waals surface area contributed by atoms with Gasteiger partial charge in [-0.05, 0) is 24.3 Å². The molecule has 8 heteroatoms. The molecule has 1 N–H and O–H groups in total. The SMILES string of the molecule is CCCOc1c[nH]c(Cn2cnc3sc(CC)c(-c4cccs4)c3c2=O)cc1=O. The molecule has 0 spiro atoms. The van der Waals surface area contributed by atoms with Crippen LogP contribution in [0.25, 0.3) is 20.7 Å². The van der Waals surface area contributed by atoms with Crippen LogP contribution in [0.5, 0.6) is 5.75 Å². The zero-order valence-corrected chi connectivity index (χ0v) is 17.9. The molecule has 4 aromatic heterocycles. The summed E-state index contributed by atoms with van der Waals surface area (Å²) in [5.41, 5.74) is 1.33. The summed E-state index contributed by atoms with van der Waals surface area (Å²) >= 11 is 3.19. The Kier molecular flexibility index (Phi) is 5.64. The third-order valence-electron chi connectivity index (χ3n) is 4.58. The third-order valence-corrected chi connectivity index (χ3v) is 6.71. The van der Waals surface area contributed by atoms with Crippen LogP contribution in [-0.4, -0.2) is 21.1 Å². The fraction of sp³-hybridized carbons (Fsp3) is 0.286. The van der Waals surface area contributed by atoms with E-state index in [9.17, 15) is 9.59 Å². The first-order chi connectivity index (χ1) is 14.1. The predicted molar refractivity (Wildman–Crippen MR) is 119 cm³/mol. The molecule has 0 aliphatic rings. The standard InChI is InChI=1S/C21H21N3O3S2/c1-3-7-27-15-10-22-13(9-14(15)25)11-24-12-23-20-19(21(24)26)18(16(4-2)29-20)17-6-5-8-28-17/h5-6,8-10,12H,3-4,7,11H2,1-2H3,(H,22,25). The fourth-order valence-electron chi connectivity index (χ4n) is 3.22. The lowest BCUT2D eigenvalue weighted by molar-refractivity contribution is 0.313. The van der Waals surface area contributed by atoms with Crippen LogP contribution in [0.15, 0.2) is 45.7 Å². The summed E-state index contributed by atoms with van der Waals surface area (Å²) in [6.07, 6.45) is 4.79. The number of rotatable bonds is 7. The maximum atomic E-state index is 13.3. The molecular formula is C21H21N3O3S2. The molecule has 0 unspecified atom stereocenters. The van der Waals surface area contributed by atoms with Gasteiger partial charge in [-0.1, -0.05) is 19.9 Å². The Hall–Kier alpha value is -2.71. The minimum atomic E-state index is -0.197. The molecule has 4 heterocycles. The molecule has 0 aliphatic heterocycles. The summed E-state index contributed by atoms with van der Waals surface area (Å²) in [5.74, 6) is 0.293. The minimum Gasteiger partial charge on any atom is -0.488 e. The molecule has 0 bridgehead atoms. The Morgan fingerprint density at radius 1 is 1.28 bits per heavy atom. The van der Waals surface area contributed by atoms with Crippen LogP contribution in [0, 0.1) is 0 Å². The fourth-order valence-corrected chi connectivity index (χ4v) is 5.17. The van der Waals surface area contributed by atoms with Crippen molar-refractivity contribution in [2.45, 2.75) is 33.2 Å². The molecule has 0 radical (unpaired) electrons. The van der Waals surface area contributed by atoms with Gasteiger partial charge in [0, 0.05) is 33.3 Å². The Morgan fingerprint density at radius 3 is 2.83 bits per heavy atom. The Labute approximate surface area is 175 Å². The Bertz CT molecular complexity index is 1250. The largest absolute Gasteiger partial charge is 0.488 e. The lowest BCUT2D eigenvalue weighted by Crippen LogP contribution is -2.22. The molecule has 0 amide bonds. The molecule has 0 saturated carbocycles. The van der Waals surface area contributed by atoms with Gasteiger partial charge in [0.25, 0.3) is 5.56 Å². The van der Waals surface area contributed by atoms with Crippen LogP contribution < -0.4 is 15.7 Å².